The maximum absolute atomic E-state index is 14.5. The Balaban J connectivity index is 1.04. The van der Waals surface area contributed by atoms with E-state index in [1.165, 1.54) is 17.4 Å². The zero-order valence-corrected chi connectivity index (χ0v) is 22.9. The molecule has 7 nitrogen and oxygen atoms in total. The van der Waals surface area contributed by atoms with Crippen molar-refractivity contribution in [1.29, 1.82) is 0 Å². The molecule has 1 aliphatic heterocycles. The van der Waals surface area contributed by atoms with Crippen LogP contribution in [0.1, 0.15) is 58.8 Å². The number of fused-ring (bicyclic) bond motifs is 2. The molecule has 2 aliphatic carbocycles. The van der Waals surface area contributed by atoms with Crippen LogP contribution in [0.5, 0.6) is 0 Å². The SMILES string of the molecule is Cc1cccc(Cl)c1-c1noc(C2CC2)c1COC1CC2CN(c3nc4c(F)cc(C(=O)O)cc4s3)CC2C1. The molecule has 39 heavy (non-hydrogen) atoms. The van der Waals surface area contributed by atoms with Gasteiger partial charge in [-0.15, -0.1) is 0 Å². The Morgan fingerprint density at radius 1 is 1.26 bits per heavy atom. The molecule has 2 atom stereocenters. The minimum Gasteiger partial charge on any atom is -0.478 e. The van der Waals surface area contributed by atoms with Crippen LogP contribution in [0.25, 0.3) is 21.5 Å². The number of benzene rings is 2. The summed E-state index contributed by atoms with van der Waals surface area (Å²) in [7, 11) is 0. The predicted molar refractivity (Wildman–Crippen MR) is 147 cm³/mol. The highest BCUT2D eigenvalue weighted by molar-refractivity contribution is 7.22. The molecule has 0 bridgehead atoms. The van der Waals surface area contributed by atoms with Crippen molar-refractivity contribution < 1.29 is 23.6 Å². The van der Waals surface area contributed by atoms with Crippen molar-refractivity contribution in [1.82, 2.24) is 10.1 Å². The van der Waals surface area contributed by atoms with E-state index >= 15 is 0 Å². The lowest BCUT2D eigenvalue weighted by molar-refractivity contribution is 0.0403. The lowest BCUT2D eigenvalue weighted by Crippen LogP contribution is -2.23. The second-order valence-corrected chi connectivity index (χ2v) is 12.4. The molecule has 7 rings (SSSR count). The summed E-state index contributed by atoms with van der Waals surface area (Å²) in [6.45, 7) is 4.16. The van der Waals surface area contributed by atoms with Gasteiger partial charge in [-0.05, 0) is 68.2 Å². The topological polar surface area (TPSA) is 88.7 Å². The fraction of sp³-hybridized carbons (Fsp3) is 0.414. The number of aryl methyl sites for hydroxylation is 1. The summed E-state index contributed by atoms with van der Waals surface area (Å²) in [5.41, 5.74) is 3.96. The van der Waals surface area contributed by atoms with Gasteiger partial charge in [0.05, 0.1) is 28.0 Å². The Labute approximate surface area is 233 Å². The minimum absolute atomic E-state index is 0.0565. The van der Waals surface area contributed by atoms with Crippen molar-refractivity contribution in [2.75, 3.05) is 18.0 Å². The monoisotopic (exact) mass is 567 g/mol. The number of carbonyl (C=O) groups is 1. The smallest absolute Gasteiger partial charge is 0.335 e. The zero-order chi connectivity index (χ0) is 26.8. The quantitative estimate of drug-likeness (QED) is 0.256. The van der Waals surface area contributed by atoms with Gasteiger partial charge in [0.1, 0.15) is 17.0 Å². The number of aromatic nitrogens is 2. The van der Waals surface area contributed by atoms with Crippen LogP contribution in [0.2, 0.25) is 5.02 Å². The van der Waals surface area contributed by atoms with Crippen LogP contribution in [-0.4, -0.2) is 40.4 Å². The number of thiazole rings is 1. The zero-order valence-electron chi connectivity index (χ0n) is 21.3. The van der Waals surface area contributed by atoms with Crippen LogP contribution in [0.15, 0.2) is 34.9 Å². The molecule has 0 radical (unpaired) electrons. The molecule has 3 fully saturated rings. The third-order valence-electron chi connectivity index (χ3n) is 8.35. The highest BCUT2D eigenvalue weighted by atomic mass is 35.5. The number of carboxylic acids is 1. The van der Waals surface area contributed by atoms with E-state index < -0.39 is 11.8 Å². The average molecular weight is 568 g/mol. The number of aromatic carboxylic acids is 1. The Hall–Kier alpha value is -3.01. The summed E-state index contributed by atoms with van der Waals surface area (Å²) in [5.74, 6) is 0.550. The van der Waals surface area contributed by atoms with E-state index in [-0.39, 0.29) is 17.2 Å². The van der Waals surface area contributed by atoms with E-state index in [2.05, 4.69) is 15.0 Å². The fourth-order valence-electron chi connectivity index (χ4n) is 6.23. The van der Waals surface area contributed by atoms with Crippen LogP contribution in [0, 0.1) is 24.6 Å². The van der Waals surface area contributed by atoms with E-state index in [0.717, 1.165) is 78.1 Å². The first-order valence-corrected chi connectivity index (χ1v) is 14.5. The molecule has 0 spiro atoms. The molecule has 2 saturated carbocycles. The largest absolute Gasteiger partial charge is 0.478 e. The summed E-state index contributed by atoms with van der Waals surface area (Å²) in [5, 5.41) is 15.1. The van der Waals surface area contributed by atoms with Crippen molar-refractivity contribution in [2.24, 2.45) is 11.8 Å². The third-order valence-corrected chi connectivity index (χ3v) is 9.73. The number of ether oxygens (including phenoxy) is 1. The van der Waals surface area contributed by atoms with Gasteiger partial charge in [-0.2, -0.15) is 0 Å². The second-order valence-electron chi connectivity index (χ2n) is 11.0. The Bertz CT molecular complexity index is 1560. The second kappa shape index (κ2) is 9.57. The number of rotatable bonds is 7. The maximum Gasteiger partial charge on any atom is 0.335 e. The van der Waals surface area contributed by atoms with Crippen LogP contribution >= 0.6 is 22.9 Å². The molecule has 1 N–H and O–H groups in total. The van der Waals surface area contributed by atoms with Crippen molar-refractivity contribution in [3.8, 4) is 11.3 Å². The van der Waals surface area contributed by atoms with E-state index in [9.17, 15) is 14.3 Å². The van der Waals surface area contributed by atoms with Gasteiger partial charge in [-0.1, -0.05) is 40.2 Å². The first-order valence-electron chi connectivity index (χ1n) is 13.3. The van der Waals surface area contributed by atoms with Gasteiger partial charge in [-0.3, -0.25) is 0 Å². The van der Waals surface area contributed by atoms with Crippen molar-refractivity contribution >= 4 is 44.3 Å². The lowest BCUT2D eigenvalue weighted by atomic mass is 10.0. The first-order chi connectivity index (χ1) is 18.9. The molecule has 3 heterocycles. The van der Waals surface area contributed by atoms with Crippen LogP contribution < -0.4 is 4.90 Å². The van der Waals surface area contributed by atoms with Gasteiger partial charge in [0, 0.05) is 30.1 Å². The molecule has 202 valence electrons. The molecule has 2 unspecified atom stereocenters. The van der Waals surface area contributed by atoms with Gasteiger partial charge in [0.25, 0.3) is 0 Å². The minimum atomic E-state index is -1.14. The number of hydrogen-bond acceptors (Lipinski definition) is 7. The summed E-state index contributed by atoms with van der Waals surface area (Å²) >= 11 is 7.93. The molecule has 4 aromatic rings. The van der Waals surface area contributed by atoms with Crippen LogP contribution in [-0.2, 0) is 11.3 Å². The van der Waals surface area contributed by atoms with Crippen LogP contribution in [0.3, 0.4) is 0 Å². The number of anilines is 1. The Morgan fingerprint density at radius 2 is 2.03 bits per heavy atom. The van der Waals surface area contributed by atoms with E-state index in [0.29, 0.717) is 34.1 Å². The predicted octanol–water partition coefficient (Wildman–Crippen LogP) is 7.06. The molecular weight excluding hydrogens is 541 g/mol. The highest BCUT2D eigenvalue weighted by Crippen LogP contribution is 2.47. The summed E-state index contributed by atoms with van der Waals surface area (Å²) in [6.07, 6.45) is 4.28. The number of halogens is 2. The van der Waals surface area contributed by atoms with Gasteiger partial charge in [0.15, 0.2) is 10.9 Å². The average Bonchev–Trinajstić information content (AvgIpc) is 3.20. The van der Waals surface area contributed by atoms with Crippen molar-refractivity contribution in [3.63, 3.8) is 0 Å². The van der Waals surface area contributed by atoms with Gasteiger partial charge in [0.2, 0.25) is 0 Å². The molecule has 10 heteroatoms. The number of hydrogen-bond donors (Lipinski definition) is 1. The first kappa shape index (κ1) is 25.0. The summed E-state index contributed by atoms with van der Waals surface area (Å²) < 4.78 is 27.4. The molecule has 0 amide bonds. The molecule has 2 aromatic heterocycles. The van der Waals surface area contributed by atoms with Crippen LogP contribution in [0.4, 0.5) is 9.52 Å². The van der Waals surface area contributed by atoms with Gasteiger partial charge >= 0.3 is 5.97 Å². The maximum atomic E-state index is 14.5. The lowest BCUT2D eigenvalue weighted by Gasteiger charge is -2.19. The number of carboxylic acid groups (broad SMARTS) is 1. The standard InChI is InChI=1S/C29H27ClFN3O4S/c1-14-3-2-4-21(30)24(14)25-20(27(38-33-25)15-5-6-15)13-37-19-7-17-11-34(12-18(17)8-19)29-32-26-22(31)9-16(28(35)36)10-23(26)39-29/h2-4,9-10,15,17-19H,5-8,11-13H2,1H3,(H,35,36). The highest BCUT2D eigenvalue weighted by Gasteiger charge is 2.43. The molecular formula is C29H27ClFN3O4S. The van der Waals surface area contributed by atoms with Crippen molar-refractivity contribution in [3.05, 3.63) is 63.6 Å². The van der Waals surface area contributed by atoms with E-state index in [4.69, 9.17) is 20.9 Å². The third kappa shape index (κ3) is 4.50. The normalized spacial score (nSPS) is 22.6. The summed E-state index contributed by atoms with van der Waals surface area (Å²) in [4.78, 5) is 18.0. The Kier molecular flexibility index (Phi) is 6.13. The van der Waals surface area contributed by atoms with Crippen molar-refractivity contribution in [2.45, 2.75) is 51.2 Å². The molecule has 3 aliphatic rings. The van der Waals surface area contributed by atoms with Gasteiger partial charge in [-0.25, -0.2) is 14.2 Å². The van der Waals surface area contributed by atoms with Gasteiger partial charge < -0.3 is 19.3 Å². The molecule has 1 saturated heterocycles. The molecule has 2 aromatic carbocycles. The van der Waals surface area contributed by atoms with E-state index in [1.807, 2.05) is 25.1 Å². The van der Waals surface area contributed by atoms with E-state index in [1.54, 1.807) is 0 Å². The Morgan fingerprint density at radius 3 is 2.72 bits per heavy atom. The fourth-order valence-corrected chi connectivity index (χ4v) is 7.58. The number of nitrogens with zero attached hydrogens (tertiary/aromatic N) is 3. The summed E-state index contributed by atoms with van der Waals surface area (Å²) in [6, 6.07) is 8.40.